The highest BCUT2D eigenvalue weighted by Crippen LogP contribution is 2.22. The number of carboxylic acids is 1. The highest BCUT2D eigenvalue weighted by molar-refractivity contribution is 7.89. The van der Waals surface area contributed by atoms with Crippen molar-refractivity contribution in [2.24, 2.45) is 5.92 Å². The van der Waals surface area contributed by atoms with Gasteiger partial charge in [0.15, 0.2) is 0 Å². The van der Waals surface area contributed by atoms with E-state index in [1.807, 2.05) is 19.9 Å². The number of urea groups is 1. The van der Waals surface area contributed by atoms with Crippen molar-refractivity contribution in [3.05, 3.63) is 70.3 Å². The van der Waals surface area contributed by atoms with Crippen LogP contribution in [0, 0.1) is 16.0 Å². The highest BCUT2D eigenvalue weighted by atomic mass is 32.2. The monoisotopic (exact) mass is 550 g/mol. The second-order valence-electron chi connectivity index (χ2n) is 9.35. The Balaban J connectivity index is 2.31. The molecule has 12 nitrogen and oxygen atoms in total. The topological polar surface area (TPSA) is 170 Å². The predicted molar refractivity (Wildman–Crippen MR) is 140 cm³/mol. The first-order valence-corrected chi connectivity index (χ1v) is 13.4. The van der Waals surface area contributed by atoms with Gasteiger partial charge in [-0.1, -0.05) is 44.2 Å². The number of carbonyl (C=O) groups is 2. The Morgan fingerprint density at radius 1 is 1.05 bits per heavy atom. The molecule has 0 bridgehead atoms. The summed E-state index contributed by atoms with van der Waals surface area (Å²) in [7, 11) is -2.72. The summed E-state index contributed by atoms with van der Waals surface area (Å²) in [6.45, 7) is 3.27. The molecule has 0 saturated heterocycles. The van der Waals surface area contributed by atoms with Crippen molar-refractivity contribution in [2.45, 2.75) is 43.7 Å². The van der Waals surface area contributed by atoms with Gasteiger partial charge < -0.3 is 20.4 Å². The van der Waals surface area contributed by atoms with Crippen molar-refractivity contribution in [3.8, 4) is 0 Å². The number of rotatable bonds is 14. The minimum absolute atomic E-state index is 0.0523. The van der Waals surface area contributed by atoms with Gasteiger partial charge in [-0.05, 0) is 30.0 Å². The third-order valence-electron chi connectivity index (χ3n) is 5.72. The third-order valence-corrected chi connectivity index (χ3v) is 7.57. The minimum atomic E-state index is -4.14. The van der Waals surface area contributed by atoms with E-state index in [9.17, 15) is 33.2 Å². The quantitative estimate of drug-likeness (QED) is 0.238. The van der Waals surface area contributed by atoms with Gasteiger partial charge in [-0.2, -0.15) is 4.31 Å². The standard InChI is InChI=1S/C25H34N4O8S/c1-18(2)16-28(38(36,37)21-11-9-20(10-12-21)29(34)35)17-23(30)22(15-19-7-5-4-6-8-19)26-25(33)27(3)14-13-24(31)32/h4-12,18,22-23,30H,13-17H2,1-3H3,(H,26,33)(H,31,32)/t22-,23+/m0/s1. The number of sulfonamides is 1. The van der Waals surface area contributed by atoms with Crippen molar-refractivity contribution in [3.63, 3.8) is 0 Å². The Labute approximate surface area is 222 Å². The largest absolute Gasteiger partial charge is 0.481 e. The summed E-state index contributed by atoms with van der Waals surface area (Å²) < 4.78 is 28.0. The van der Waals surface area contributed by atoms with Crippen LogP contribution >= 0.6 is 0 Å². The molecule has 0 aliphatic carbocycles. The Hall–Kier alpha value is -3.55. The number of aliphatic hydroxyl groups is 1. The molecular weight excluding hydrogens is 516 g/mol. The summed E-state index contributed by atoms with van der Waals surface area (Å²) in [5.41, 5.74) is 0.538. The van der Waals surface area contributed by atoms with Gasteiger partial charge in [-0.25, -0.2) is 13.2 Å². The van der Waals surface area contributed by atoms with Crippen molar-refractivity contribution >= 4 is 27.7 Å². The van der Waals surface area contributed by atoms with E-state index in [0.29, 0.717) is 0 Å². The molecule has 2 amide bonds. The van der Waals surface area contributed by atoms with Gasteiger partial charge in [0.05, 0.1) is 28.4 Å². The first-order valence-electron chi connectivity index (χ1n) is 12.0. The number of aliphatic hydroxyl groups excluding tert-OH is 1. The van der Waals surface area contributed by atoms with Crippen LogP contribution in [-0.4, -0.2) is 83.6 Å². The first-order chi connectivity index (χ1) is 17.8. The van der Waals surface area contributed by atoms with Crippen LogP contribution in [0.2, 0.25) is 0 Å². The Morgan fingerprint density at radius 3 is 2.18 bits per heavy atom. The third kappa shape index (κ3) is 9.08. The number of hydrogen-bond donors (Lipinski definition) is 3. The van der Waals surface area contributed by atoms with Gasteiger partial charge in [0.2, 0.25) is 10.0 Å². The second-order valence-corrected chi connectivity index (χ2v) is 11.3. The minimum Gasteiger partial charge on any atom is -0.481 e. The molecule has 0 fully saturated rings. The average Bonchev–Trinajstić information content (AvgIpc) is 2.86. The molecule has 0 aliphatic rings. The maximum atomic E-state index is 13.4. The summed E-state index contributed by atoms with van der Waals surface area (Å²) in [6.07, 6.45) is -1.40. The number of carboxylic acid groups (broad SMARTS) is 1. The Morgan fingerprint density at radius 2 is 1.66 bits per heavy atom. The van der Waals surface area contributed by atoms with Gasteiger partial charge >= 0.3 is 12.0 Å². The van der Waals surface area contributed by atoms with Crippen LogP contribution in [0.1, 0.15) is 25.8 Å². The highest BCUT2D eigenvalue weighted by Gasteiger charge is 2.32. The van der Waals surface area contributed by atoms with Crippen LogP contribution in [0.5, 0.6) is 0 Å². The summed E-state index contributed by atoms with van der Waals surface area (Å²) in [5.74, 6) is -1.18. The number of nitrogens with zero attached hydrogens (tertiary/aromatic N) is 3. The summed E-state index contributed by atoms with van der Waals surface area (Å²) in [6, 6.07) is 12.0. The molecule has 13 heteroatoms. The summed E-state index contributed by atoms with van der Waals surface area (Å²) in [4.78, 5) is 35.0. The predicted octanol–water partition coefficient (Wildman–Crippen LogP) is 2.33. The van der Waals surface area contributed by atoms with Crippen LogP contribution in [0.25, 0.3) is 0 Å². The maximum Gasteiger partial charge on any atom is 0.317 e. The lowest BCUT2D eigenvalue weighted by Gasteiger charge is -2.31. The summed E-state index contributed by atoms with van der Waals surface area (Å²) >= 11 is 0. The van der Waals surface area contributed by atoms with Gasteiger partial charge in [-0.15, -0.1) is 0 Å². The van der Waals surface area contributed by atoms with Crippen LogP contribution in [-0.2, 0) is 21.2 Å². The molecule has 2 aromatic rings. The molecular formula is C25H34N4O8S. The summed E-state index contributed by atoms with van der Waals surface area (Å²) in [5, 5.41) is 33.8. The molecule has 0 aliphatic heterocycles. The Bertz CT molecular complexity index is 1190. The van der Waals surface area contributed by atoms with Gasteiger partial charge in [-0.3, -0.25) is 14.9 Å². The van der Waals surface area contributed by atoms with E-state index in [-0.39, 0.29) is 49.0 Å². The number of aliphatic carboxylic acids is 1. The van der Waals surface area contributed by atoms with E-state index in [4.69, 9.17) is 5.11 Å². The number of nitro benzene ring substituents is 1. The molecule has 2 atom stereocenters. The molecule has 208 valence electrons. The van der Waals surface area contributed by atoms with E-state index >= 15 is 0 Å². The molecule has 3 N–H and O–H groups in total. The first kappa shape index (κ1) is 30.7. The van der Waals surface area contributed by atoms with Gasteiger partial charge in [0.1, 0.15) is 0 Å². The normalized spacial score (nSPS) is 13.2. The molecule has 0 spiro atoms. The van der Waals surface area contributed by atoms with E-state index in [0.717, 1.165) is 34.1 Å². The van der Waals surface area contributed by atoms with Gasteiger partial charge in [0.25, 0.3) is 5.69 Å². The average molecular weight is 551 g/mol. The molecule has 2 rings (SSSR count). The number of nitrogens with one attached hydrogen (secondary N) is 1. The fourth-order valence-corrected chi connectivity index (χ4v) is 5.31. The van der Waals surface area contributed by atoms with Crippen LogP contribution in [0.15, 0.2) is 59.5 Å². The number of benzene rings is 2. The lowest BCUT2D eigenvalue weighted by atomic mass is 10.0. The number of carbonyl (C=O) groups excluding carboxylic acids is 1. The number of nitro groups is 1. The van der Waals surface area contributed by atoms with Crippen LogP contribution in [0.4, 0.5) is 10.5 Å². The molecule has 0 radical (unpaired) electrons. The van der Waals surface area contributed by atoms with E-state index in [1.54, 1.807) is 24.3 Å². The second kappa shape index (κ2) is 13.8. The zero-order valence-corrected chi connectivity index (χ0v) is 22.4. The zero-order chi connectivity index (χ0) is 28.5. The molecule has 0 aromatic heterocycles. The molecule has 0 heterocycles. The molecule has 2 aromatic carbocycles. The van der Waals surface area contributed by atoms with Crippen molar-refractivity contribution < 1.29 is 33.1 Å². The van der Waals surface area contributed by atoms with E-state index < -0.39 is 39.1 Å². The smallest absolute Gasteiger partial charge is 0.317 e. The van der Waals surface area contributed by atoms with E-state index in [2.05, 4.69) is 5.32 Å². The maximum absolute atomic E-state index is 13.4. The number of non-ortho nitro benzene ring substituents is 1. The van der Waals surface area contributed by atoms with Crippen molar-refractivity contribution in [2.75, 3.05) is 26.7 Å². The van der Waals surface area contributed by atoms with Crippen LogP contribution in [0.3, 0.4) is 0 Å². The van der Waals surface area contributed by atoms with Gasteiger partial charge in [0, 0.05) is 38.8 Å². The number of hydrogen-bond acceptors (Lipinski definition) is 7. The lowest BCUT2D eigenvalue weighted by Crippen LogP contribution is -2.53. The zero-order valence-electron chi connectivity index (χ0n) is 21.6. The molecule has 0 unspecified atom stereocenters. The fourth-order valence-electron chi connectivity index (χ4n) is 3.69. The SMILES string of the molecule is CC(C)CN(C[C@@H](O)[C@H](Cc1ccccc1)NC(=O)N(C)CCC(=O)O)S(=O)(=O)c1ccc([N+](=O)[O-])cc1. The number of amides is 2. The fraction of sp³-hybridized carbons (Fsp3) is 0.440. The van der Waals surface area contributed by atoms with Crippen molar-refractivity contribution in [1.82, 2.24) is 14.5 Å². The molecule has 0 saturated carbocycles. The Kier molecular flexibility index (Phi) is 11.2. The van der Waals surface area contributed by atoms with Crippen molar-refractivity contribution in [1.29, 1.82) is 0 Å². The molecule has 38 heavy (non-hydrogen) atoms. The van der Waals surface area contributed by atoms with E-state index in [1.165, 1.54) is 11.9 Å². The lowest BCUT2D eigenvalue weighted by molar-refractivity contribution is -0.384. The van der Waals surface area contributed by atoms with Crippen LogP contribution < -0.4 is 5.32 Å².